The van der Waals surface area contributed by atoms with Gasteiger partial charge in [-0.15, -0.1) is 5.10 Å². The number of carboxylic acid groups (broad SMARTS) is 1. The molecule has 1 heterocycles. The van der Waals surface area contributed by atoms with Crippen LogP contribution in [0.1, 0.15) is 12.1 Å². The average Bonchev–Trinajstić information content (AvgIpc) is 2.75. The van der Waals surface area contributed by atoms with Crippen molar-refractivity contribution in [2.24, 2.45) is 11.5 Å². The number of nitrogens with one attached hydrogen (secondary N) is 1. The lowest BCUT2D eigenvalue weighted by Crippen LogP contribution is -2.44. The van der Waals surface area contributed by atoms with Crippen molar-refractivity contribution < 1.29 is 19.5 Å². The van der Waals surface area contributed by atoms with E-state index in [2.05, 4.69) is 15.6 Å². The number of nitrogens with two attached hydrogens (primary N) is 2. The molecule has 10 nitrogen and oxygen atoms in total. The predicted octanol–water partition coefficient (Wildman–Crippen LogP) is -2.82. The van der Waals surface area contributed by atoms with Crippen LogP contribution in [0.2, 0.25) is 0 Å². The van der Waals surface area contributed by atoms with Gasteiger partial charge in [0.15, 0.2) is 0 Å². The molecular weight excluding hydrogens is 256 g/mol. The number of aromatic nitrogens is 3. The minimum atomic E-state index is -1.36. The van der Waals surface area contributed by atoms with Crippen LogP contribution in [-0.4, -0.2) is 43.9 Å². The number of amides is 2. The SMILES string of the molecule is NCc1cn(CC(=O)N[C@@H](CC(N)=O)C(=O)O)nn1. The summed E-state index contributed by atoms with van der Waals surface area (Å²) in [5.41, 5.74) is 10.7. The number of rotatable bonds is 7. The van der Waals surface area contributed by atoms with Crippen molar-refractivity contribution in [1.29, 1.82) is 0 Å². The summed E-state index contributed by atoms with van der Waals surface area (Å²) in [6.45, 7) is -0.0451. The fourth-order valence-electron chi connectivity index (χ4n) is 1.30. The molecule has 0 fully saturated rings. The fraction of sp³-hybridized carbons (Fsp3) is 0.444. The van der Waals surface area contributed by atoms with E-state index in [9.17, 15) is 14.4 Å². The maximum atomic E-state index is 11.6. The lowest BCUT2D eigenvalue weighted by Gasteiger charge is -2.12. The van der Waals surface area contributed by atoms with Crippen LogP contribution in [0.3, 0.4) is 0 Å². The van der Waals surface area contributed by atoms with Gasteiger partial charge in [0.25, 0.3) is 0 Å². The Bertz CT molecular complexity index is 485. The Balaban J connectivity index is 2.57. The molecule has 0 aliphatic carbocycles. The highest BCUT2D eigenvalue weighted by atomic mass is 16.4. The Hall–Kier alpha value is -2.49. The number of nitrogens with zero attached hydrogens (tertiary/aromatic N) is 3. The minimum absolute atomic E-state index is 0.182. The van der Waals surface area contributed by atoms with Gasteiger partial charge in [0.1, 0.15) is 12.6 Å². The molecule has 2 amide bonds. The van der Waals surface area contributed by atoms with Gasteiger partial charge < -0.3 is 21.9 Å². The lowest BCUT2D eigenvalue weighted by atomic mass is 10.2. The summed E-state index contributed by atoms with van der Waals surface area (Å²) in [4.78, 5) is 33.0. The van der Waals surface area contributed by atoms with Crippen molar-refractivity contribution in [3.63, 3.8) is 0 Å². The van der Waals surface area contributed by atoms with E-state index in [1.54, 1.807) is 0 Å². The molecule has 0 unspecified atom stereocenters. The molecule has 0 radical (unpaired) electrons. The molecule has 1 aromatic rings. The zero-order valence-corrected chi connectivity index (χ0v) is 9.94. The molecule has 0 aliphatic heterocycles. The highest BCUT2D eigenvalue weighted by Crippen LogP contribution is 1.94. The van der Waals surface area contributed by atoms with Crippen LogP contribution in [0, 0.1) is 0 Å². The van der Waals surface area contributed by atoms with Gasteiger partial charge in [0.05, 0.1) is 18.3 Å². The van der Waals surface area contributed by atoms with E-state index in [0.29, 0.717) is 5.69 Å². The lowest BCUT2D eigenvalue weighted by molar-refractivity contribution is -0.143. The summed E-state index contributed by atoms with van der Waals surface area (Å²) in [5, 5.41) is 18.3. The second-order valence-corrected chi connectivity index (χ2v) is 3.74. The molecule has 104 valence electrons. The van der Waals surface area contributed by atoms with E-state index >= 15 is 0 Å². The van der Waals surface area contributed by atoms with Crippen LogP contribution in [0.4, 0.5) is 0 Å². The van der Waals surface area contributed by atoms with Crippen LogP contribution < -0.4 is 16.8 Å². The predicted molar refractivity (Wildman–Crippen MR) is 61.3 cm³/mol. The molecule has 0 spiro atoms. The first-order chi connectivity index (χ1) is 8.92. The Morgan fingerprint density at radius 3 is 2.63 bits per heavy atom. The Kier molecular flexibility index (Phi) is 4.94. The Labute approximate surface area is 107 Å². The van der Waals surface area contributed by atoms with Crippen LogP contribution in [0.25, 0.3) is 0 Å². The standard InChI is InChI=1S/C9H14N6O4/c10-2-5-3-15(14-13-5)4-8(17)12-6(9(18)19)1-7(11)16/h3,6H,1-2,4,10H2,(H2,11,16)(H,12,17)(H,18,19)/t6-/m0/s1. The first-order valence-corrected chi connectivity index (χ1v) is 5.32. The first kappa shape index (κ1) is 14.6. The maximum absolute atomic E-state index is 11.6. The maximum Gasteiger partial charge on any atom is 0.326 e. The van der Waals surface area contributed by atoms with Crippen molar-refractivity contribution >= 4 is 17.8 Å². The normalized spacial score (nSPS) is 11.8. The Morgan fingerprint density at radius 1 is 1.47 bits per heavy atom. The van der Waals surface area contributed by atoms with Gasteiger partial charge in [-0.25, -0.2) is 9.48 Å². The van der Waals surface area contributed by atoms with Crippen LogP contribution in [-0.2, 0) is 27.5 Å². The van der Waals surface area contributed by atoms with E-state index in [1.807, 2.05) is 0 Å². The summed E-state index contributed by atoms with van der Waals surface area (Å²) in [5.74, 6) is -2.78. The van der Waals surface area contributed by atoms with Crippen LogP contribution in [0.15, 0.2) is 6.20 Å². The second-order valence-electron chi connectivity index (χ2n) is 3.74. The number of carbonyl (C=O) groups excluding carboxylic acids is 2. The number of hydrogen-bond donors (Lipinski definition) is 4. The van der Waals surface area contributed by atoms with Gasteiger partial charge in [-0.2, -0.15) is 0 Å². The van der Waals surface area contributed by atoms with E-state index < -0.39 is 30.2 Å². The second kappa shape index (κ2) is 6.44. The van der Waals surface area contributed by atoms with Gasteiger partial charge in [-0.3, -0.25) is 9.59 Å². The highest BCUT2D eigenvalue weighted by molar-refractivity contribution is 5.87. The van der Waals surface area contributed by atoms with Crippen molar-refractivity contribution in [2.45, 2.75) is 25.6 Å². The molecule has 0 aliphatic rings. The molecule has 0 bridgehead atoms. The molecule has 19 heavy (non-hydrogen) atoms. The first-order valence-electron chi connectivity index (χ1n) is 5.32. The van der Waals surface area contributed by atoms with Crippen molar-refractivity contribution in [3.05, 3.63) is 11.9 Å². The molecule has 6 N–H and O–H groups in total. The summed E-state index contributed by atoms with van der Waals surface area (Å²) < 4.78 is 1.21. The Morgan fingerprint density at radius 2 is 2.16 bits per heavy atom. The molecule has 0 aromatic carbocycles. The summed E-state index contributed by atoms with van der Waals surface area (Å²) in [6, 6.07) is -1.36. The van der Waals surface area contributed by atoms with E-state index in [1.165, 1.54) is 10.9 Å². The summed E-state index contributed by atoms with van der Waals surface area (Å²) in [7, 11) is 0. The number of aliphatic carboxylic acids is 1. The van der Waals surface area contributed by atoms with Crippen molar-refractivity contribution in [1.82, 2.24) is 20.3 Å². The third-order valence-corrected chi connectivity index (χ3v) is 2.14. The summed E-state index contributed by atoms with van der Waals surface area (Å²) >= 11 is 0. The zero-order valence-electron chi connectivity index (χ0n) is 9.94. The number of carboxylic acids is 1. The van der Waals surface area contributed by atoms with E-state index in [4.69, 9.17) is 16.6 Å². The van der Waals surface area contributed by atoms with Crippen LogP contribution >= 0.6 is 0 Å². The van der Waals surface area contributed by atoms with Crippen molar-refractivity contribution in [3.8, 4) is 0 Å². The minimum Gasteiger partial charge on any atom is -0.480 e. The zero-order chi connectivity index (χ0) is 14.4. The monoisotopic (exact) mass is 270 g/mol. The van der Waals surface area contributed by atoms with Crippen LogP contribution in [0.5, 0.6) is 0 Å². The van der Waals surface area contributed by atoms with Gasteiger partial charge in [0, 0.05) is 6.54 Å². The molecule has 1 aromatic heterocycles. The largest absolute Gasteiger partial charge is 0.480 e. The third-order valence-electron chi connectivity index (χ3n) is 2.14. The smallest absolute Gasteiger partial charge is 0.326 e. The average molecular weight is 270 g/mol. The van der Waals surface area contributed by atoms with E-state index in [0.717, 1.165) is 0 Å². The van der Waals surface area contributed by atoms with Gasteiger partial charge in [-0.1, -0.05) is 5.21 Å². The van der Waals surface area contributed by atoms with Gasteiger partial charge in [-0.05, 0) is 0 Å². The molecule has 1 rings (SSSR count). The number of carbonyl (C=O) groups is 3. The highest BCUT2D eigenvalue weighted by Gasteiger charge is 2.22. The molecular formula is C9H14N6O4. The molecule has 10 heteroatoms. The number of primary amides is 1. The topological polar surface area (TPSA) is 166 Å². The quantitative estimate of drug-likeness (QED) is 0.414. The molecule has 0 saturated carbocycles. The fourth-order valence-corrected chi connectivity index (χ4v) is 1.30. The molecule has 1 atom stereocenters. The number of hydrogen-bond acceptors (Lipinski definition) is 6. The molecule has 0 saturated heterocycles. The van der Waals surface area contributed by atoms with Gasteiger partial charge >= 0.3 is 5.97 Å². The van der Waals surface area contributed by atoms with E-state index in [-0.39, 0.29) is 13.1 Å². The van der Waals surface area contributed by atoms with Crippen molar-refractivity contribution in [2.75, 3.05) is 0 Å². The third kappa shape index (κ3) is 4.71. The summed E-state index contributed by atoms with van der Waals surface area (Å²) in [6.07, 6.45) is 0.982. The van der Waals surface area contributed by atoms with Gasteiger partial charge in [0.2, 0.25) is 11.8 Å².